The second-order valence-corrected chi connectivity index (χ2v) is 6.06. The summed E-state index contributed by atoms with van der Waals surface area (Å²) in [6.07, 6.45) is 1.92. The predicted molar refractivity (Wildman–Crippen MR) is 81.2 cm³/mol. The monoisotopic (exact) mass is 322 g/mol. The molecule has 0 N–H and O–H groups in total. The summed E-state index contributed by atoms with van der Waals surface area (Å²) in [5.41, 5.74) is 1.06. The first-order valence-corrected chi connectivity index (χ1v) is 7.80. The molecule has 126 valence electrons. The van der Waals surface area contributed by atoms with E-state index in [-0.39, 0.29) is 17.9 Å². The van der Waals surface area contributed by atoms with Crippen LogP contribution >= 0.6 is 0 Å². The summed E-state index contributed by atoms with van der Waals surface area (Å²) in [5.74, 6) is -0.211. The van der Waals surface area contributed by atoms with Crippen LogP contribution in [0.1, 0.15) is 49.0 Å². The Morgan fingerprint density at radius 1 is 1.04 bits per heavy atom. The lowest BCUT2D eigenvalue weighted by atomic mass is 9.81. The van der Waals surface area contributed by atoms with Crippen LogP contribution in [0.15, 0.2) is 24.3 Å². The summed E-state index contributed by atoms with van der Waals surface area (Å²) in [6, 6.07) is 6.85. The fraction of sp³-hybridized carbons (Fsp3) is 0.529. The van der Waals surface area contributed by atoms with Crippen LogP contribution in [0, 0.1) is 18.8 Å². The third kappa shape index (κ3) is 4.69. The Balaban J connectivity index is 1.76. The van der Waals surface area contributed by atoms with Crippen molar-refractivity contribution in [3.05, 3.63) is 35.4 Å². The van der Waals surface area contributed by atoms with Crippen molar-refractivity contribution in [2.75, 3.05) is 0 Å². The van der Waals surface area contributed by atoms with Crippen molar-refractivity contribution in [1.29, 1.82) is 0 Å². The Labute approximate surface area is 135 Å². The van der Waals surface area contributed by atoms with Gasteiger partial charge in [-0.2, -0.15) is 0 Å². The highest BCUT2D eigenvalue weighted by Gasteiger charge is 2.32. The van der Waals surface area contributed by atoms with Gasteiger partial charge in [-0.3, -0.25) is 4.89 Å². The second-order valence-electron chi connectivity index (χ2n) is 6.06. The molecule has 0 amide bonds. The smallest absolute Gasteiger partial charge is 0.428 e. The maximum atomic E-state index is 11.8. The lowest BCUT2D eigenvalue weighted by molar-refractivity contribution is -0.453. The van der Waals surface area contributed by atoms with Gasteiger partial charge in [0.15, 0.2) is 0 Å². The highest BCUT2D eigenvalue weighted by molar-refractivity contribution is 5.90. The zero-order chi connectivity index (χ0) is 16.8. The van der Waals surface area contributed by atoms with E-state index in [9.17, 15) is 9.59 Å². The van der Waals surface area contributed by atoms with Crippen LogP contribution in [-0.2, 0) is 19.6 Å². The number of rotatable bonds is 4. The van der Waals surface area contributed by atoms with E-state index in [1.807, 2.05) is 13.8 Å². The number of hydrogen-bond acceptors (Lipinski definition) is 6. The molecule has 1 aliphatic rings. The van der Waals surface area contributed by atoms with Crippen LogP contribution in [-0.4, -0.2) is 18.2 Å². The van der Waals surface area contributed by atoms with Gasteiger partial charge < -0.3 is 4.74 Å². The van der Waals surface area contributed by atoms with Gasteiger partial charge in [-0.05, 0) is 43.2 Å². The van der Waals surface area contributed by atoms with Crippen LogP contribution in [0.25, 0.3) is 0 Å². The van der Waals surface area contributed by atoms with Gasteiger partial charge in [-0.15, -0.1) is 0 Å². The molecule has 2 atom stereocenters. The molecule has 1 saturated carbocycles. The zero-order valence-electron chi connectivity index (χ0n) is 13.6. The molecule has 23 heavy (non-hydrogen) atoms. The molecule has 1 aliphatic carbocycles. The quantitative estimate of drug-likeness (QED) is 0.474. The standard InChI is InChI=1S/C17H22O6/c1-11-7-4-5-10-14(11)16(18)21-23-22-17(19)20-15-12(2)8-6-9-13(15)3/h4-5,7,10,12-13,15H,6,8-9H2,1-3H3. The zero-order valence-corrected chi connectivity index (χ0v) is 13.6. The fourth-order valence-corrected chi connectivity index (χ4v) is 2.94. The van der Waals surface area contributed by atoms with Gasteiger partial charge in [0, 0.05) is 0 Å². The number of hydrogen-bond donors (Lipinski definition) is 0. The van der Waals surface area contributed by atoms with E-state index in [4.69, 9.17) is 4.74 Å². The fourth-order valence-electron chi connectivity index (χ4n) is 2.94. The maximum Gasteiger partial charge on any atom is 0.543 e. The van der Waals surface area contributed by atoms with Gasteiger partial charge in [0.1, 0.15) is 6.10 Å². The minimum Gasteiger partial charge on any atom is -0.428 e. The Hall–Kier alpha value is -2.08. The van der Waals surface area contributed by atoms with Crippen molar-refractivity contribution in [1.82, 2.24) is 0 Å². The van der Waals surface area contributed by atoms with Crippen molar-refractivity contribution < 1.29 is 29.1 Å². The molecule has 0 aromatic heterocycles. The molecule has 6 heteroatoms. The summed E-state index contributed by atoms with van der Waals surface area (Å²) >= 11 is 0. The Bertz CT molecular complexity index is 546. The second kappa shape index (κ2) is 7.97. The van der Waals surface area contributed by atoms with E-state index in [0.29, 0.717) is 5.56 Å². The summed E-state index contributed by atoms with van der Waals surface area (Å²) in [4.78, 5) is 32.2. The van der Waals surface area contributed by atoms with E-state index >= 15 is 0 Å². The molecule has 1 aromatic rings. The summed E-state index contributed by atoms with van der Waals surface area (Å²) in [5, 5.41) is 4.25. The molecule has 0 heterocycles. The van der Waals surface area contributed by atoms with Crippen molar-refractivity contribution in [3.8, 4) is 0 Å². The largest absolute Gasteiger partial charge is 0.543 e. The predicted octanol–water partition coefficient (Wildman–Crippen LogP) is 3.98. The Morgan fingerprint density at radius 3 is 2.35 bits per heavy atom. The molecule has 0 radical (unpaired) electrons. The molecule has 2 unspecified atom stereocenters. The van der Waals surface area contributed by atoms with E-state index in [1.54, 1.807) is 31.2 Å². The van der Waals surface area contributed by atoms with E-state index < -0.39 is 12.1 Å². The topological polar surface area (TPSA) is 71.1 Å². The van der Waals surface area contributed by atoms with E-state index in [2.05, 4.69) is 14.8 Å². The molecule has 1 aromatic carbocycles. The molecule has 2 rings (SSSR count). The molecular weight excluding hydrogens is 300 g/mol. The van der Waals surface area contributed by atoms with Crippen LogP contribution < -0.4 is 0 Å². The summed E-state index contributed by atoms with van der Waals surface area (Å²) in [6.45, 7) is 5.83. The first-order chi connectivity index (χ1) is 11.0. The van der Waals surface area contributed by atoms with E-state index in [1.165, 1.54) is 0 Å². The van der Waals surface area contributed by atoms with E-state index in [0.717, 1.165) is 24.8 Å². The SMILES string of the molecule is Cc1ccccc1C(=O)OOOC(=O)OC1C(C)CCCC1C. The molecule has 0 aliphatic heterocycles. The van der Waals surface area contributed by atoms with Gasteiger partial charge in [0.2, 0.25) is 0 Å². The maximum absolute atomic E-state index is 11.8. The van der Waals surface area contributed by atoms with Gasteiger partial charge in [0.25, 0.3) is 0 Å². The Kier molecular flexibility index (Phi) is 5.98. The third-order valence-corrected chi connectivity index (χ3v) is 4.25. The summed E-state index contributed by atoms with van der Waals surface area (Å²) < 4.78 is 5.25. The van der Waals surface area contributed by atoms with Crippen molar-refractivity contribution in [2.45, 2.75) is 46.1 Å². The van der Waals surface area contributed by atoms with Crippen molar-refractivity contribution in [3.63, 3.8) is 0 Å². The minimum absolute atomic E-state index is 0.216. The lowest BCUT2D eigenvalue weighted by Crippen LogP contribution is -2.35. The highest BCUT2D eigenvalue weighted by Crippen LogP contribution is 2.31. The van der Waals surface area contributed by atoms with Crippen molar-refractivity contribution in [2.24, 2.45) is 11.8 Å². The molecule has 0 saturated heterocycles. The number of carbonyl (C=O) groups excluding carboxylic acids is 2. The van der Waals surface area contributed by atoms with Crippen LogP contribution in [0.4, 0.5) is 4.79 Å². The van der Waals surface area contributed by atoms with Crippen molar-refractivity contribution >= 4 is 12.1 Å². The number of aryl methyl sites for hydroxylation is 1. The van der Waals surface area contributed by atoms with Gasteiger partial charge in [-0.1, -0.05) is 38.5 Å². The average Bonchev–Trinajstić information content (AvgIpc) is 2.51. The normalized spacial score (nSPS) is 23.9. The first kappa shape index (κ1) is 17.3. The van der Waals surface area contributed by atoms with Crippen LogP contribution in [0.2, 0.25) is 0 Å². The van der Waals surface area contributed by atoms with Gasteiger partial charge in [0.05, 0.1) is 10.6 Å². The molecule has 6 nitrogen and oxygen atoms in total. The minimum atomic E-state index is -1.01. The number of carbonyl (C=O) groups is 2. The lowest BCUT2D eigenvalue weighted by Gasteiger charge is -2.32. The molecule has 1 fully saturated rings. The highest BCUT2D eigenvalue weighted by atomic mass is 17.5. The Morgan fingerprint density at radius 2 is 1.70 bits per heavy atom. The molecule has 0 bridgehead atoms. The van der Waals surface area contributed by atoms with Gasteiger partial charge in [-0.25, -0.2) is 14.5 Å². The van der Waals surface area contributed by atoms with Crippen LogP contribution in [0.3, 0.4) is 0 Å². The first-order valence-electron chi connectivity index (χ1n) is 7.80. The number of benzene rings is 1. The van der Waals surface area contributed by atoms with Gasteiger partial charge >= 0.3 is 12.1 Å². The van der Waals surface area contributed by atoms with Crippen LogP contribution in [0.5, 0.6) is 0 Å². The number of ether oxygens (including phenoxy) is 1. The third-order valence-electron chi connectivity index (χ3n) is 4.25. The molecule has 0 spiro atoms. The molecular formula is C17H22O6. The summed E-state index contributed by atoms with van der Waals surface area (Å²) in [7, 11) is 0. The average molecular weight is 322 g/mol.